The van der Waals surface area contributed by atoms with Gasteiger partial charge in [0, 0.05) is 12.3 Å². The first-order chi connectivity index (χ1) is 8.83. The van der Waals surface area contributed by atoms with Gasteiger partial charge in [0.1, 0.15) is 12.4 Å². The van der Waals surface area contributed by atoms with Crippen LogP contribution in [0.1, 0.15) is 5.56 Å². The molecule has 3 rings (SSSR count). The Balaban J connectivity index is 1.72. The predicted octanol–water partition coefficient (Wildman–Crippen LogP) is 1.97. The number of rotatable bonds is 3. The van der Waals surface area contributed by atoms with Crippen molar-refractivity contribution in [3.8, 4) is 17.2 Å². The standard InChI is InChI=1S/C13H12N2O3/c14-10-6-15-4-3-11(10)16-7-9-1-2-12-13(5-9)18-8-17-12/h1-6H,7-8,14H2. The highest BCUT2D eigenvalue weighted by atomic mass is 16.7. The molecule has 2 N–H and O–H groups in total. The number of nitrogen functional groups attached to an aromatic ring is 1. The third-order valence-electron chi connectivity index (χ3n) is 2.64. The lowest BCUT2D eigenvalue weighted by molar-refractivity contribution is 0.174. The Labute approximate surface area is 104 Å². The van der Waals surface area contributed by atoms with Gasteiger partial charge in [-0.3, -0.25) is 4.98 Å². The summed E-state index contributed by atoms with van der Waals surface area (Å²) in [7, 11) is 0. The molecule has 0 unspecified atom stereocenters. The van der Waals surface area contributed by atoms with Crippen LogP contribution in [-0.4, -0.2) is 11.8 Å². The number of anilines is 1. The van der Waals surface area contributed by atoms with Crippen molar-refractivity contribution in [2.75, 3.05) is 12.5 Å². The fraction of sp³-hybridized carbons (Fsp3) is 0.154. The van der Waals surface area contributed by atoms with Gasteiger partial charge >= 0.3 is 0 Å². The highest BCUT2D eigenvalue weighted by Gasteiger charge is 2.13. The minimum absolute atomic E-state index is 0.275. The summed E-state index contributed by atoms with van der Waals surface area (Å²) in [6.45, 7) is 0.696. The smallest absolute Gasteiger partial charge is 0.231 e. The van der Waals surface area contributed by atoms with Crippen molar-refractivity contribution in [2.45, 2.75) is 6.61 Å². The van der Waals surface area contributed by atoms with E-state index in [4.69, 9.17) is 19.9 Å². The Kier molecular flexibility index (Phi) is 2.64. The number of ether oxygens (including phenoxy) is 3. The van der Waals surface area contributed by atoms with Crippen LogP contribution in [0, 0.1) is 0 Å². The van der Waals surface area contributed by atoms with E-state index in [1.54, 1.807) is 18.5 Å². The molecule has 1 aliphatic heterocycles. The maximum Gasteiger partial charge on any atom is 0.231 e. The number of aromatic nitrogens is 1. The molecule has 2 aromatic rings. The quantitative estimate of drug-likeness (QED) is 0.894. The molecule has 0 saturated carbocycles. The molecule has 0 atom stereocenters. The molecule has 1 aliphatic rings. The number of fused-ring (bicyclic) bond motifs is 1. The Hall–Kier alpha value is -2.43. The van der Waals surface area contributed by atoms with Crippen LogP contribution in [-0.2, 0) is 6.61 Å². The second-order valence-electron chi connectivity index (χ2n) is 3.89. The number of benzene rings is 1. The number of hydrogen-bond donors (Lipinski definition) is 1. The van der Waals surface area contributed by atoms with Crippen LogP contribution in [0.3, 0.4) is 0 Å². The van der Waals surface area contributed by atoms with E-state index in [0.717, 1.165) is 17.1 Å². The lowest BCUT2D eigenvalue weighted by atomic mass is 10.2. The SMILES string of the molecule is Nc1cnccc1OCc1ccc2c(c1)OCO2. The second-order valence-corrected chi connectivity index (χ2v) is 3.89. The maximum atomic E-state index is 5.74. The minimum atomic E-state index is 0.275. The van der Waals surface area contributed by atoms with E-state index in [2.05, 4.69) is 4.98 Å². The predicted molar refractivity (Wildman–Crippen MR) is 65.5 cm³/mol. The first-order valence-electron chi connectivity index (χ1n) is 5.54. The summed E-state index contributed by atoms with van der Waals surface area (Å²) >= 11 is 0. The normalized spacial score (nSPS) is 12.4. The molecule has 1 aromatic carbocycles. The average molecular weight is 244 g/mol. The summed E-state index contributed by atoms with van der Waals surface area (Å²) in [6.07, 6.45) is 3.21. The van der Waals surface area contributed by atoms with Crippen molar-refractivity contribution in [1.82, 2.24) is 4.98 Å². The van der Waals surface area contributed by atoms with Crippen LogP contribution in [0.2, 0.25) is 0 Å². The summed E-state index contributed by atoms with van der Waals surface area (Å²) < 4.78 is 16.2. The van der Waals surface area contributed by atoms with Crippen molar-refractivity contribution in [2.24, 2.45) is 0 Å². The zero-order valence-corrected chi connectivity index (χ0v) is 9.63. The van der Waals surface area contributed by atoms with Gasteiger partial charge in [0.25, 0.3) is 0 Å². The molecule has 0 aliphatic carbocycles. The van der Waals surface area contributed by atoms with Crippen LogP contribution < -0.4 is 19.9 Å². The molecule has 1 aromatic heterocycles. The van der Waals surface area contributed by atoms with Gasteiger partial charge in [-0.25, -0.2) is 0 Å². The van der Waals surface area contributed by atoms with Crippen LogP contribution in [0.5, 0.6) is 17.2 Å². The van der Waals surface area contributed by atoms with Gasteiger partial charge in [0.15, 0.2) is 11.5 Å². The van der Waals surface area contributed by atoms with Gasteiger partial charge in [-0.15, -0.1) is 0 Å². The van der Waals surface area contributed by atoms with E-state index >= 15 is 0 Å². The van der Waals surface area contributed by atoms with Crippen molar-refractivity contribution in [3.63, 3.8) is 0 Å². The molecule has 0 amide bonds. The first kappa shape index (κ1) is 10.7. The number of nitrogens with two attached hydrogens (primary N) is 1. The van der Waals surface area contributed by atoms with Crippen LogP contribution in [0.4, 0.5) is 5.69 Å². The molecule has 0 radical (unpaired) electrons. The summed E-state index contributed by atoms with van der Waals surface area (Å²) in [4.78, 5) is 3.91. The van der Waals surface area contributed by atoms with Crippen molar-refractivity contribution < 1.29 is 14.2 Å². The summed E-state index contributed by atoms with van der Waals surface area (Å²) in [5.41, 5.74) is 7.26. The van der Waals surface area contributed by atoms with Gasteiger partial charge in [0.05, 0.1) is 11.9 Å². The highest BCUT2D eigenvalue weighted by molar-refractivity contribution is 5.50. The molecule has 2 heterocycles. The molecular formula is C13H12N2O3. The maximum absolute atomic E-state index is 5.74. The zero-order chi connectivity index (χ0) is 12.4. The largest absolute Gasteiger partial charge is 0.487 e. The lowest BCUT2D eigenvalue weighted by Crippen LogP contribution is -1.99. The topological polar surface area (TPSA) is 66.6 Å². The minimum Gasteiger partial charge on any atom is -0.487 e. The fourth-order valence-corrected chi connectivity index (χ4v) is 1.72. The molecule has 18 heavy (non-hydrogen) atoms. The second kappa shape index (κ2) is 4.44. The summed E-state index contributed by atoms with van der Waals surface area (Å²) in [6, 6.07) is 7.45. The van der Waals surface area contributed by atoms with E-state index in [0.29, 0.717) is 18.0 Å². The molecule has 5 nitrogen and oxygen atoms in total. The van der Waals surface area contributed by atoms with Crippen LogP contribution in [0.25, 0.3) is 0 Å². The molecule has 0 bridgehead atoms. The van der Waals surface area contributed by atoms with Gasteiger partial charge < -0.3 is 19.9 Å². The monoisotopic (exact) mass is 244 g/mol. The van der Waals surface area contributed by atoms with Crippen molar-refractivity contribution in [1.29, 1.82) is 0 Å². The van der Waals surface area contributed by atoms with Crippen LogP contribution >= 0.6 is 0 Å². The third-order valence-corrected chi connectivity index (χ3v) is 2.64. The number of pyridine rings is 1. The van der Waals surface area contributed by atoms with Gasteiger partial charge in [-0.1, -0.05) is 6.07 Å². The summed E-state index contributed by atoms with van der Waals surface area (Å²) in [5, 5.41) is 0. The molecule has 5 heteroatoms. The van der Waals surface area contributed by atoms with Crippen molar-refractivity contribution in [3.05, 3.63) is 42.2 Å². The van der Waals surface area contributed by atoms with Gasteiger partial charge in [0.2, 0.25) is 6.79 Å². The fourth-order valence-electron chi connectivity index (χ4n) is 1.72. The highest BCUT2D eigenvalue weighted by Crippen LogP contribution is 2.32. The van der Waals surface area contributed by atoms with E-state index in [1.165, 1.54) is 0 Å². The van der Waals surface area contributed by atoms with Gasteiger partial charge in [-0.05, 0) is 17.7 Å². The Morgan fingerprint density at radius 3 is 3.00 bits per heavy atom. The number of hydrogen-bond acceptors (Lipinski definition) is 5. The van der Waals surface area contributed by atoms with E-state index in [-0.39, 0.29) is 6.79 Å². The molecule has 0 saturated heterocycles. The molecular weight excluding hydrogens is 232 g/mol. The Morgan fingerprint density at radius 2 is 2.11 bits per heavy atom. The summed E-state index contributed by atoms with van der Waals surface area (Å²) in [5.74, 6) is 2.14. The molecule has 0 fully saturated rings. The molecule has 0 spiro atoms. The van der Waals surface area contributed by atoms with E-state index in [9.17, 15) is 0 Å². The average Bonchev–Trinajstić information content (AvgIpc) is 2.85. The van der Waals surface area contributed by atoms with Gasteiger partial charge in [-0.2, -0.15) is 0 Å². The Bertz CT molecular complexity index is 572. The van der Waals surface area contributed by atoms with E-state index < -0.39 is 0 Å². The van der Waals surface area contributed by atoms with Crippen LogP contribution in [0.15, 0.2) is 36.7 Å². The molecule has 92 valence electrons. The van der Waals surface area contributed by atoms with Crippen molar-refractivity contribution >= 4 is 5.69 Å². The van der Waals surface area contributed by atoms with E-state index in [1.807, 2.05) is 18.2 Å². The first-order valence-corrected chi connectivity index (χ1v) is 5.54. The zero-order valence-electron chi connectivity index (χ0n) is 9.63. The third kappa shape index (κ3) is 2.02. The number of nitrogens with zero attached hydrogens (tertiary/aromatic N) is 1. The lowest BCUT2D eigenvalue weighted by Gasteiger charge is -2.08. The Morgan fingerprint density at radius 1 is 1.22 bits per heavy atom.